The number of sulfonamides is 1. The first-order valence-corrected chi connectivity index (χ1v) is 8.06. The summed E-state index contributed by atoms with van der Waals surface area (Å²) in [6.07, 6.45) is 0.0575. The Hall–Kier alpha value is -1.91. The third-order valence-corrected chi connectivity index (χ3v) is 5.78. The maximum atomic E-state index is 13.0. The van der Waals surface area contributed by atoms with Gasteiger partial charge in [0.15, 0.2) is 0 Å². The van der Waals surface area contributed by atoms with Gasteiger partial charge in [-0.2, -0.15) is 5.26 Å². The summed E-state index contributed by atoms with van der Waals surface area (Å²) < 4.78 is 39.3. The van der Waals surface area contributed by atoms with Crippen LogP contribution in [0, 0.1) is 17.1 Å². The van der Waals surface area contributed by atoms with Gasteiger partial charge in [-0.25, -0.2) is 12.8 Å². The summed E-state index contributed by atoms with van der Waals surface area (Å²) in [5.74, 6) is -0.442. The molecule has 0 aliphatic carbocycles. The molecule has 1 aromatic carbocycles. The summed E-state index contributed by atoms with van der Waals surface area (Å²) in [4.78, 5) is 0. The number of benzene rings is 1. The van der Waals surface area contributed by atoms with E-state index in [0.29, 0.717) is 5.69 Å². The fourth-order valence-corrected chi connectivity index (χ4v) is 4.24. The zero-order valence-corrected chi connectivity index (χ0v) is 12.0. The van der Waals surface area contributed by atoms with Crippen molar-refractivity contribution in [3.8, 4) is 6.07 Å². The Balaban J connectivity index is 2.43. The van der Waals surface area contributed by atoms with Gasteiger partial charge in [-0.3, -0.25) is 4.31 Å². The molecule has 1 heterocycles. The van der Waals surface area contributed by atoms with Crippen molar-refractivity contribution in [1.29, 1.82) is 5.26 Å². The van der Waals surface area contributed by atoms with Crippen LogP contribution in [-0.4, -0.2) is 15.0 Å². The minimum absolute atomic E-state index is 0.0301. The summed E-state index contributed by atoms with van der Waals surface area (Å²) >= 11 is 1.10. The maximum absolute atomic E-state index is 13.0. The van der Waals surface area contributed by atoms with Crippen molar-refractivity contribution >= 4 is 27.0 Å². The Bertz CT molecular complexity index is 704. The zero-order valence-electron chi connectivity index (χ0n) is 10.4. The fourth-order valence-electron chi connectivity index (χ4n) is 1.67. The highest BCUT2D eigenvalue weighted by Crippen LogP contribution is 2.26. The van der Waals surface area contributed by atoms with Gasteiger partial charge in [-0.05, 0) is 35.7 Å². The Morgan fingerprint density at radius 3 is 2.50 bits per heavy atom. The summed E-state index contributed by atoms with van der Waals surface area (Å²) in [5, 5.41) is 10.3. The van der Waals surface area contributed by atoms with Gasteiger partial charge >= 0.3 is 0 Å². The van der Waals surface area contributed by atoms with E-state index in [2.05, 4.69) is 0 Å². The van der Waals surface area contributed by atoms with Gasteiger partial charge in [0.1, 0.15) is 10.0 Å². The molecule has 0 bridgehead atoms. The molecule has 0 fully saturated rings. The van der Waals surface area contributed by atoms with Crippen molar-refractivity contribution in [3.05, 3.63) is 47.6 Å². The second kappa shape index (κ2) is 6.03. The van der Waals surface area contributed by atoms with Gasteiger partial charge in [0, 0.05) is 6.54 Å². The largest absolute Gasteiger partial charge is 0.273 e. The Morgan fingerprint density at radius 1 is 1.25 bits per heavy atom. The molecule has 0 N–H and O–H groups in total. The van der Waals surface area contributed by atoms with Crippen LogP contribution in [0.2, 0.25) is 0 Å². The zero-order chi connectivity index (χ0) is 14.6. The molecule has 20 heavy (non-hydrogen) atoms. The number of nitrogens with zero attached hydrogens (tertiary/aromatic N) is 2. The Labute approximate surface area is 120 Å². The lowest BCUT2D eigenvalue weighted by atomic mass is 10.3. The monoisotopic (exact) mass is 310 g/mol. The lowest BCUT2D eigenvalue weighted by molar-refractivity contribution is 0.592. The van der Waals surface area contributed by atoms with Gasteiger partial charge in [-0.15, -0.1) is 11.3 Å². The Morgan fingerprint density at radius 2 is 1.95 bits per heavy atom. The molecule has 0 saturated carbocycles. The number of nitriles is 1. The van der Waals surface area contributed by atoms with E-state index in [1.165, 1.54) is 30.3 Å². The molecule has 0 spiro atoms. The van der Waals surface area contributed by atoms with Crippen molar-refractivity contribution < 1.29 is 12.8 Å². The van der Waals surface area contributed by atoms with E-state index in [1.807, 2.05) is 6.07 Å². The molecule has 0 aliphatic rings. The molecule has 2 aromatic rings. The highest BCUT2D eigenvalue weighted by Gasteiger charge is 2.25. The summed E-state index contributed by atoms with van der Waals surface area (Å²) in [5.41, 5.74) is 0.343. The van der Waals surface area contributed by atoms with Gasteiger partial charge in [0.2, 0.25) is 0 Å². The van der Waals surface area contributed by atoms with Crippen LogP contribution in [0.25, 0.3) is 0 Å². The minimum atomic E-state index is -3.72. The van der Waals surface area contributed by atoms with Gasteiger partial charge in [0.05, 0.1) is 18.2 Å². The molecular formula is C13H11FN2O2S2. The molecule has 104 valence electrons. The fraction of sp³-hybridized carbons (Fsp3) is 0.154. The van der Waals surface area contributed by atoms with Crippen molar-refractivity contribution in [2.45, 2.75) is 10.6 Å². The summed E-state index contributed by atoms with van der Waals surface area (Å²) in [7, 11) is -3.72. The molecule has 0 amide bonds. The van der Waals surface area contributed by atoms with Crippen molar-refractivity contribution in [2.24, 2.45) is 0 Å². The summed E-state index contributed by atoms with van der Waals surface area (Å²) in [6, 6.07) is 10.2. The summed E-state index contributed by atoms with van der Waals surface area (Å²) in [6.45, 7) is 0.0301. The molecule has 0 atom stereocenters. The van der Waals surface area contributed by atoms with Crippen LogP contribution < -0.4 is 4.31 Å². The quantitative estimate of drug-likeness (QED) is 0.853. The predicted molar refractivity (Wildman–Crippen MR) is 75.5 cm³/mol. The lowest BCUT2D eigenvalue weighted by Gasteiger charge is -2.22. The number of anilines is 1. The van der Waals surface area contributed by atoms with E-state index in [0.717, 1.165) is 15.6 Å². The third-order valence-electron chi connectivity index (χ3n) is 2.58. The first-order chi connectivity index (χ1) is 9.55. The molecule has 0 saturated heterocycles. The van der Waals surface area contributed by atoms with Gasteiger partial charge in [-0.1, -0.05) is 6.07 Å². The van der Waals surface area contributed by atoms with Gasteiger partial charge < -0.3 is 0 Å². The first-order valence-electron chi connectivity index (χ1n) is 5.74. The topological polar surface area (TPSA) is 61.2 Å². The van der Waals surface area contributed by atoms with Crippen LogP contribution in [0.5, 0.6) is 0 Å². The average molecular weight is 310 g/mol. The molecule has 1 aromatic heterocycles. The number of rotatable bonds is 5. The highest BCUT2D eigenvalue weighted by atomic mass is 32.2. The van der Waals surface area contributed by atoms with Crippen LogP contribution in [0.1, 0.15) is 6.42 Å². The van der Waals surface area contributed by atoms with E-state index in [1.54, 1.807) is 11.4 Å². The second-order valence-electron chi connectivity index (χ2n) is 3.89. The lowest BCUT2D eigenvalue weighted by Crippen LogP contribution is -2.31. The second-order valence-corrected chi connectivity index (χ2v) is 6.93. The molecule has 4 nitrogen and oxygen atoms in total. The molecule has 0 unspecified atom stereocenters. The van der Waals surface area contributed by atoms with E-state index < -0.39 is 15.8 Å². The number of halogens is 1. The smallest absolute Gasteiger partial charge is 0.265 e. The molecule has 7 heteroatoms. The van der Waals surface area contributed by atoms with E-state index in [-0.39, 0.29) is 17.2 Å². The predicted octanol–water partition coefficient (Wildman–Crippen LogP) is 3.00. The van der Waals surface area contributed by atoms with Crippen LogP contribution in [0.3, 0.4) is 0 Å². The van der Waals surface area contributed by atoms with Crippen LogP contribution in [0.4, 0.5) is 10.1 Å². The number of hydrogen-bond acceptors (Lipinski definition) is 4. The van der Waals surface area contributed by atoms with Crippen LogP contribution in [-0.2, 0) is 10.0 Å². The Kier molecular flexibility index (Phi) is 4.37. The van der Waals surface area contributed by atoms with E-state index in [4.69, 9.17) is 5.26 Å². The van der Waals surface area contributed by atoms with Crippen molar-refractivity contribution in [3.63, 3.8) is 0 Å². The van der Waals surface area contributed by atoms with E-state index in [9.17, 15) is 12.8 Å². The molecular weight excluding hydrogens is 299 g/mol. The van der Waals surface area contributed by atoms with E-state index >= 15 is 0 Å². The van der Waals surface area contributed by atoms with Crippen molar-refractivity contribution in [2.75, 3.05) is 10.8 Å². The molecule has 0 aliphatic heterocycles. The third kappa shape index (κ3) is 2.98. The molecule has 2 rings (SSSR count). The van der Waals surface area contributed by atoms with Crippen LogP contribution in [0.15, 0.2) is 46.0 Å². The van der Waals surface area contributed by atoms with Crippen molar-refractivity contribution in [1.82, 2.24) is 0 Å². The highest BCUT2D eigenvalue weighted by molar-refractivity contribution is 7.94. The van der Waals surface area contributed by atoms with Gasteiger partial charge in [0.25, 0.3) is 10.0 Å². The number of hydrogen-bond donors (Lipinski definition) is 0. The standard InChI is InChI=1S/C13H11FN2O2S2/c14-11-4-6-12(7-5-11)16(9-2-8-15)20(17,18)13-3-1-10-19-13/h1,3-7,10H,2,9H2. The maximum Gasteiger partial charge on any atom is 0.273 e. The normalized spacial score (nSPS) is 11.0. The molecule has 0 radical (unpaired) electrons. The first kappa shape index (κ1) is 14.5. The SMILES string of the molecule is N#CCCN(c1ccc(F)cc1)S(=O)(=O)c1cccs1. The minimum Gasteiger partial charge on any atom is -0.265 e. The number of thiophene rings is 1. The average Bonchev–Trinajstić information content (AvgIpc) is 2.96. The van der Waals surface area contributed by atoms with Crippen LogP contribution >= 0.6 is 11.3 Å².